The van der Waals surface area contributed by atoms with Crippen molar-refractivity contribution < 1.29 is 18.7 Å². The van der Waals surface area contributed by atoms with Crippen LogP contribution in [0.5, 0.6) is 5.75 Å². The number of carbonyl (C=O) groups excluding carboxylic acids is 2. The number of carbonyl (C=O) groups is 2. The van der Waals surface area contributed by atoms with Crippen molar-refractivity contribution in [1.29, 1.82) is 0 Å². The van der Waals surface area contributed by atoms with Gasteiger partial charge in [0.2, 0.25) is 5.91 Å². The maximum Gasteiger partial charge on any atom is 0.261 e. The molecule has 0 aliphatic heterocycles. The van der Waals surface area contributed by atoms with Crippen LogP contribution < -0.4 is 10.1 Å². The number of nitrogens with one attached hydrogen (secondary N) is 1. The number of hydrogen-bond donors (Lipinski definition) is 1. The van der Waals surface area contributed by atoms with Crippen molar-refractivity contribution in [2.24, 2.45) is 0 Å². The van der Waals surface area contributed by atoms with Crippen LogP contribution in [0.15, 0.2) is 48.5 Å². The number of para-hydroxylation sites is 1. The van der Waals surface area contributed by atoms with Gasteiger partial charge in [0.1, 0.15) is 6.04 Å². The highest BCUT2D eigenvalue weighted by molar-refractivity contribution is 5.88. The quantitative estimate of drug-likeness (QED) is 0.659. The molecule has 29 heavy (non-hydrogen) atoms. The minimum Gasteiger partial charge on any atom is -0.481 e. The Bertz CT molecular complexity index is 825. The van der Waals surface area contributed by atoms with Gasteiger partial charge in [-0.05, 0) is 37.5 Å². The van der Waals surface area contributed by atoms with E-state index in [1.165, 1.54) is 17.0 Å². The standard InChI is InChI=1S/C23H29FN2O3/c1-4-13-25-23(28)20(5-2)26(15-18-10-8-9-17(3)14-18)22(27)16-29-21-12-7-6-11-19(21)24/h6-12,14,20H,4-5,13,15-16H2,1-3H3,(H,25,28). The molecular weight excluding hydrogens is 371 g/mol. The van der Waals surface area contributed by atoms with E-state index < -0.39 is 11.9 Å². The average Bonchev–Trinajstić information content (AvgIpc) is 2.71. The Morgan fingerprint density at radius 3 is 2.55 bits per heavy atom. The lowest BCUT2D eigenvalue weighted by molar-refractivity contribution is -0.143. The fourth-order valence-corrected chi connectivity index (χ4v) is 3.08. The summed E-state index contributed by atoms with van der Waals surface area (Å²) in [4.78, 5) is 27.2. The minimum atomic E-state index is -0.626. The van der Waals surface area contributed by atoms with Crippen molar-refractivity contribution in [2.45, 2.75) is 46.2 Å². The van der Waals surface area contributed by atoms with Gasteiger partial charge in [0, 0.05) is 13.1 Å². The molecule has 0 spiro atoms. The number of hydrogen-bond acceptors (Lipinski definition) is 3. The Labute approximate surface area is 171 Å². The van der Waals surface area contributed by atoms with Gasteiger partial charge in [-0.15, -0.1) is 0 Å². The molecule has 1 unspecified atom stereocenters. The molecule has 2 rings (SSSR count). The van der Waals surface area contributed by atoms with Crippen LogP contribution in [0.2, 0.25) is 0 Å². The predicted molar refractivity (Wildman–Crippen MR) is 111 cm³/mol. The van der Waals surface area contributed by atoms with Crippen molar-refractivity contribution in [1.82, 2.24) is 10.2 Å². The Morgan fingerprint density at radius 2 is 1.90 bits per heavy atom. The third kappa shape index (κ3) is 6.59. The molecule has 0 aliphatic carbocycles. The zero-order valence-corrected chi connectivity index (χ0v) is 17.3. The van der Waals surface area contributed by atoms with Crippen LogP contribution in [0, 0.1) is 12.7 Å². The number of aryl methyl sites for hydroxylation is 1. The molecule has 0 aromatic heterocycles. The van der Waals surface area contributed by atoms with Crippen LogP contribution in [-0.2, 0) is 16.1 Å². The molecule has 2 amide bonds. The number of amides is 2. The SMILES string of the molecule is CCCNC(=O)C(CC)N(Cc1cccc(C)c1)C(=O)COc1ccccc1F. The van der Waals surface area contributed by atoms with E-state index in [9.17, 15) is 14.0 Å². The first kappa shape index (κ1) is 22.4. The molecule has 0 bridgehead atoms. The molecule has 0 heterocycles. The van der Waals surface area contributed by atoms with Crippen LogP contribution >= 0.6 is 0 Å². The molecule has 0 aliphatic rings. The topological polar surface area (TPSA) is 58.6 Å². The second kappa shape index (κ2) is 11.2. The summed E-state index contributed by atoms with van der Waals surface area (Å²) in [7, 11) is 0. The van der Waals surface area contributed by atoms with Gasteiger partial charge in [-0.3, -0.25) is 9.59 Å². The fourth-order valence-electron chi connectivity index (χ4n) is 3.08. The molecule has 0 saturated heterocycles. The van der Waals surface area contributed by atoms with E-state index in [0.717, 1.165) is 17.5 Å². The molecule has 156 valence electrons. The van der Waals surface area contributed by atoms with E-state index in [4.69, 9.17) is 4.74 Å². The Balaban J connectivity index is 2.20. The lowest BCUT2D eigenvalue weighted by Gasteiger charge is -2.30. The predicted octanol–water partition coefficient (Wildman–Crippen LogP) is 3.85. The first-order chi connectivity index (χ1) is 14.0. The molecule has 5 nitrogen and oxygen atoms in total. The summed E-state index contributed by atoms with van der Waals surface area (Å²) in [6, 6.07) is 13.1. The number of nitrogens with zero attached hydrogens (tertiary/aromatic N) is 1. The number of rotatable bonds is 10. The maximum atomic E-state index is 13.8. The molecule has 6 heteroatoms. The largest absolute Gasteiger partial charge is 0.481 e. The first-order valence-electron chi connectivity index (χ1n) is 9.96. The number of benzene rings is 2. The van der Waals surface area contributed by atoms with Gasteiger partial charge in [-0.1, -0.05) is 55.8 Å². The molecule has 1 N–H and O–H groups in total. The molecule has 2 aromatic carbocycles. The van der Waals surface area contributed by atoms with Gasteiger partial charge in [-0.25, -0.2) is 4.39 Å². The van der Waals surface area contributed by atoms with Crippen molar-refractivity contribution in [3.63, 3.8) is 0 Å². The van der Waals surface area contributed by atoms with E-state index in [2.05, 4.69) is 5.32 Å². The molecule has 0 fully saturated rings. The van der Waals surface area contributed by atoms with Gasteiger partial charge in [0.05, 0.1) is 0 Å². The Kier molecular flexibility index (Phi) is 8.65. The van der Waals surface area contributed by atoms with Crippen molar-refractivity contribution in [3.05, 3.63) is 65.5 Å². The molecule has 1 atom stereocenters. The summed E-state index contributed by atoms with van der Waals surface area (Å²) in [5, 5.41) is 2.87. The number of ether oxygens (including phenoxy) is 1. The van der Waals surface area contributed by atoms with Crippen LogP contribution in [0.25, 0.3) is 0 Å². The van der Waals surface area contributed by atoms with E-state index in [1.54, 1.807) is 12.1 Å². The zero-order valence-electron chi connectivity index (χ0n) is 17.3. The van der Waals surface area contributed by atoms with E-state index in [-0.39, 0.29) is 30.7 Å². The summed E-state index contributed by atoms with van der Waals surface area (Å²) < 4.78 is 19.2. The second-order valence-electron chi connectivity index (χ2n) is 6.94. The maximum absolute atomic E-state index is 13.8. The highest BCUT2D eigenvalue weighted by atomic mass is 19.1. The highest BCUT2D eigenvalue weighted by Crippen LogP contribution is 2.17. The third-order valence-corrected chi connectivity index (χ3v) is 4.56. The fraction of sp³-hybridized carbons (Fsp3) is 0.391. The summed E-state index contributed by atoms with van der Waals surface area (Å²) in [6.07, 6.45) is 1.27. The lowest BCUT2D eigenvalue weighted by Crippen LogP contribution is -2.50. The van der Waals surface area contributed by atoms with Gasteiger partial charge in [0.25, 0.3) is 5.91 Å². The van der Waals surface area contributed by atoms with Gasteiger partial charge < -0.3 is 15.0 Å². The normalized spacial score (nSPS) is 11.6. The van der Waals surface area contributed by atoms with Gasteiger partial charge in [0.15, 0.2) is 18.2 Å². The minimum absolute atomic E-state index is 0.0137. The second-order valence-corrected chi connectivity index (χ2v) is 6.94. The van der Waals surface area contributed by atoms with E-state index >= 15 is 0 Å². The molecule has 0 radical (unpaired) electrons. The van der Waals surface area contributed by atoms with E-state index in [0.29, 0.717) is 13.0 Å². The monoisotopic (exact) mass is 400 g/mol. The van der Waals surface area contributed by atoms with Crippen molar-refractivity contribution in [2.75, 3.05) is 13.2 Å². The summed E-state index contributed by atoms with van der Waals surface area (Å²) in [5.41, 5.74) is 1.99. The third-order valence-electron chi connectivity index (χ3n) is 4.56. The summed E-state index contributed by atoms with van der Waals surface area (Å²) in [5.74, 6) is -1.08. The first-order valence-corrected chi connectivity index (χ1v) is 9.96. The Morgan fingerprint density at radius 1 is 1.14 bits per heavy atom. The molecule has 0 saturated carbocycles. The van der Waals surface area contributed by atoms with Gasteiger partial charge in [-0.2, -0.15) is 0 Å². The average molecular weight is 400 g/mol. The highest BCUT2D eigenvalue weighted by Gasteiger charge is 2.28. The van der Waals surface area contributed by atoms with Crippen LogP contribution in [0.1, 0.15) is 37.8 Å². The van der Waals surface area contributed by atoms with E-state index in [1.807, 2.05) is 45.0 Å². The molecular formula is C23H29FN2O3. The smallest absolute Gasteiger partial charge is 0.261 e. The van der Waals surface area contributed by atoms with Gasteiger partial charge >= 0.3 is 0 Å². The number of halogens is 1. The Hall–Kier alpha value is -2.89. The van der Waals surface area contributed by atoms with Crippen LogP contribution in [-0.4, -0.2) is 35.9 Å². The summed E-state index contributed by atoms with van der Waals surface area (Å²) in [6.45, 7) is 6.29. The van der Waals surface area contributed by atoms with Crippen molar-refractivity contribution in [3.8, 4) is 5.75 Å². The van der Waals surface area contributed by atoms with Crippen LogP contribution in [0.4, 0.5) is 4.39 Å². The molecule has 2 aromatic rings. The van der Waals surface area contributed by atoms with Crippen LogP contribution in [0.3, 0.4) is 0 Å². The lowest BCUT2D eigenvalue weighted by atomic mass is 10.1. The van der Waals surface area contributed by atoms with Crippen molar-refractivity contribution >= 4 is 11.8 Å². The summed E-state index contributed by atoms with van der Waals surface area (Å²) >= 11 is 0. The zero-order chi connectivity index (χ0) is 21.2.